The van der Waals surface area contributed by atoms with Gasteiger partial charge in [0, 0.05) is 6.42 Å². The fourth-order valence-corrected chi connectivity index (χ4v) is 2.65. The van der Waals surface area contributed by atoms with Gasteiger partial charge in [-0.15, -0.1) is 0 Å². The zero-order valence-corrected chi connectivity index (χ0v) is 14.5. The van der Waals surface area contributed by atoms with Gasteiger partial charge in [-0.25, -0.2) is 4.79 Å². The molecule has 1 heterocycles. The van der Waals surface area contributed by atoms with Crippen molar-refractivity contribution >= 4 is 11.7 Å². The van der Waals surface area contributed by atoms with Crippen molar-refractivity contribution in [1.82, 2.24) is 0 Å². The molecule has 142 valence electrons. The van der Waals surface area contributed by atoms with Crippen LogP contribution in [-0.4, -0.2) is 25.0 Å². The minimum absolute atomic E-state index is 0.157. The average molecular weight is 379 g/mol. The molecule has 0 aromatic heterocycles. The summed E-state index contributed by atoms with van der Waals surface area (Å²) in [5.41, 5.74) is 0.632. The molecular weight excluding hydrogens is 363 g/mol. The molecule has 8 heteroatoms. The highest BCUT2D eigenvalue weighted by atomic mass is 19.4. The second-order valence-corrected chi connectivity index (χ2v) is 5.95. The summed E-state index contributed by atoms with van der Waals surface area (Å²) in [6, 6.07) is 11.4. The molecular formula is C19H16F3NO4. The Balaban J connectivity index is 1.78. The van der Waals surface area contributed by atoms with E-state index < -0.39 is 30.4 Å². The summed E-state index contributed by atoms with van der Waals surface area (Å²) in [5.74, 6) is -0.193. The van der Waals surface area contributed by atoms with Crippen LogP contribution in [0.2, 0.25) is 0 Å². The van der Waals surface area contributed by atoms with Gasteiger partial charge >= 0.3 is 12.1 Å². The number of benzene rings is 2. The van der Waals surface area contributed by atoms with E-state index in [-0.39, 0.29) is 11.5 Å². The Morgan fingerprint density at radius 1 is 1.19 bits per heavy atom. The summed E-state index contributed by atoms with van der Waals surface area (Å²) in [7, 11) is 1.37. The van der Waals surface area contributed by atoms with Gasteiger partial charge in [-0.1, -0.05) is 29.4 Å². The molecule has 2 aromatic carbocycles. The lowest BCUT2D eigenvalue weighted by molar-refractivity contribution is -0.0604. The van der Waals surface area contributed by atoms with Crippen molar-refractivity contribution in [3.8, 4) is 11.5 Å². The molecule has 0 fully saturated rings. The lowest BCUT2D eigenvalue weighted by Crippen LogP contribution is -2.21. The number of esters is 1. The van der Waals surface area contributed by atoms with Gasteiger partial charge in [0.15, 0.2) is 23.3 Å². The molecule has 2 aromatic rings. The highest BCUT2D eigenvalue weighted by Crippen LogP contribution is 2.37. The van der Waals surface area contributed by atoms with Crippen LogP contribution in [0.5, 0.6) is 11.5 Å². The smallest absolute Gasteiger partial charge is 0.432 e. The van der Waals surface area contributed by atoms with Crippen molar-refractivity contribution in [3.63, 3.8) is 0 Å². The van der Waals surface area contributed by atoms with Crippen LogP contribution < -0.4 is 9.47 Å². The molecule has 0 saturated heterocycles. The highest BCUT2D eigenvalue weighted by Gasteiger charge is 2.42. The Morgan fingerprint density at radius 2 is 1.93 bits per heavy atom. The van der Waals surface area contributed by atoms with Crippen molar-refractivity contribution in [2.24, 2.45) is 5.16 Å². The fraction of sp³-hybridized carbons (Fsp3) is 0.263. The second-order valence-electron chi connectivity index (χ2n) is 5.95. The van der Waals surface area contributed by atoms with E-state index in [0.29, 0.717) is 11.1 Å². The first-order valence-electron chi connectivity index (χ1n) is 8.05. The number of nitrogens with zero attached hydrogens (tertiary/aromatic N) is 1. The van der Waals surface area contributed by atoms with Crippen LogP contribution in [-0.2, 0) is 4.84 Å². The normalized spacial score (nSPS) is 16.5. The third-order valence-electron chi connectivity index (χ3n) is 4.12. The number of halogens is 3. The number of rotatable bonds is 4. The minimum Gasteiger partial charge on any atom is -0.493 e. The van der Waals surface area contributed by atoms with Gasteiger partial charge < -0.3 is 14.3 Å². The largest absolute Gasteiger partial charge is 0.493 e. The number of ether oxygens (including phenoxy) is 2. The first-order valence-corrected chi connectivity index (χ1v) is 8.05. The summed E-state index contributed by atoms with van der Waals surface area (Å²) < 4.78 is 48.7. The Morgan fingerprint density at radius 3 is 2.56 bits per heavy atom. The van der Waals surface area contributed by atoms with Gasteiger partial charge in [0.05, 0.1) is 12.7 Å². The van der Waals surface area contributed by atoms with Crippen molar-refractivity contribution in [3.05, 3.63) is 59.2 Å². The molecule has 0 bridgehead atoms. The molecule has 1 atom stereocenters. The number of carbonyl (C=O) groups is 1. The maximum atomic E-state index is 12.7. The predicted molar refractivity (Wildman–Crippen MR) is 91.1 cm³/mol. The Bertz CT molecular complexity index is 893. The van der Waals surface area contributed by atoms with E-state index in [1.807, 2.05) is 0 Å². The van der Waals surface area contributed by atoms with E-state index in [2.05, 4.69) is 5.16 Å². The monoisotopic (exact) mass is 379 g/mol. The van der Waals surface area contributed by atoms with E-state index in [4.69, 9.17) is 14.3 Å². The van der Waals surface area contributed by atoms with Gasteiger partial charge in [-0.3, -0.25) is 0 Å². The van der Waals surface area contributed by atoms with Gasteiger partial charge in [0.1, 0.15) is 0 Å². The molecule has 3 rings (SSSR count). The van der Waals surface area contributed by atoms with Crippen molar-refractivity contribution < 1.29 is 32.3 Å². The second kappa shape index (κ2) is 7.30. The molecule has 1 aliphatic rings. The van der Waals surface area contributed by atoms with Crippen LogP contribution in [0.3, 0.4) is 0 Å². The topological polar surface area (TPSA) is 57.1 Å². The summed E-state index contributed by atoms with van der Waals surface area (Å²) in [5, 5.41) is 3.11. The Labute approximate surface area is 153 Å². The molecule has 0 aliphatic carbocycles. The average Bonchev–Trinajstić information content (AvgIpc) is 3.13. The third-order valence-corrected chi connectivity index (χ3v) is 4.12. The maximum absolute atomic E-state index is 12.7. The molecule has 0 radical (unpaired) electrons. The van der Waals surface area contributed by atoms with Gasteiger partial charge in [0.25, 0.3) is 0 Å². The summed E-state index contributed by atoms with van der Waals surface area (Å²) in [6.45, 7) is 1.78. The number of alkyl halides is 3. The standard InChI is InChI=1S/C19H16F3NO4/c1-11-5-3-4-6-13(11)18(24)26-14-8-7-12(9-16(14)25-2)15-10-17(23-27-15)19(20,21)22/h3-9,15H,10H2,1-2H3. The van der Waals surface area contributed by atoms with Gasteiger partial charge in [-0.05, 0) is 36.2 Å². The van der Waals surface area contributed by atoms with Crippen LogP contribution >= 0.6 is 0 Å². The molecule has 1 aliphatic heterocycles. The van der Waals surface area contributed by atoms with Gasteiger partial charge in [-0.2, -0.15) is 13.2 Å². The highest BCUT2D eigenvalue weighted by molar-refractivity contribution is 5.93. The molecule has 5 nitrogen and oxygen atoms in total. The molecule has 27 heavy (non-hydrogen) atoms. The van der Waals surface area contributed by atoms with Crippen LogP contribution in [0.15, 0.2) is 47.6 Å². The Kier molecular flexibility index (Phi) is 5.07. The predicted octanol–water partition coefficient (Wildman–Crippen LogP) is 4.60. The SMILES string of the molecule is COc1cc(C2CC(C(F)(F)F)=NO2)ccc1OC(=O)c1ccccc1C. The van der Waals surface area contributed by atoms with E-state index in [0.717, 1.165) is 5.56 Å². The quantitative estimate of drug-likeness (QED) is 0.575. The maximum Gasteiger partial charge on any atom is 0.432 e. The molecule has 0 spiro atoms. The third kappa shape index (κ3) is 4.05. The number of hydrogen-bond donors (Lipinski definition) is 0. The number of carbonyl (C=O) groups excluding carboxylic acids is 1. The lowest BCUT2D eigenvalue weighted by atomic mass is 10.0. The van der Waals surface area contributed by atoms with Gasteiger partial charge in [0.2, 0.25) is 0 Å². The van der Waals surface area contributed by atoms with Crippen LogP contribution in [0.25, 0.3) is 0 Å². The summed E-state index contributed by atoms with van der Waals surface area (Å²) in [6.07, 6.45) is -5.80. The van der Waals surface area contributed by atoms with E-state index in [1.54, 1.807) is 31.2 Å². The van der Waals surface area contributed by atoms with Crippen molar-refractivity contribution in [1.29, 1.82) is 0 Å². The molecule has 1 unspecified atom stereocenters. The van der Waals surface area contributed by atoms with Crippen molar-refractivity contribution in [2.75, 3.05) is 7.11 Å². The zero-order chi connectivity index (χ0) is 19.6. The van der Waals surface area contributed by atoms with Crippen molar-refractivity contribution in [2.45, 2.75) is 25.6 Å². The number of methoxy groups -OCH3 is 1. The minimum atomic E-state index is -4.53. The molecule has 0 amide bonds. The van der Waals surface area contributed by atoms with E-state index >= 15 is 0 Å². The van der Waals surface area contributed by atoms with Crippen LogP contribution in [0, 0.1) is 6.92 Å². The Hall–Kier alpha value is -3.03. The zero-order valence-electron chi connectivity index (χ0n) is 14.5. The molecule has 0 N–H and O–H groups in total. The van der Waals surface area contributed by atoms with E-state index in [1.165, 1.54) is 25.3 Å². The number of oxime groups is 1. The first-order chi connectivity index (χ1) is 12.8. The van der Waals surface area contributed by atoms with Crippen LogP contribution in [0.4, 0.5) is 13.2 Å². The summed E-state index contributed by atoms with van der Waals surface area (Å²) >= 11 is 0. The van der Waals surface area contributed by atoms with Crippen LogP contribution in [0.1, 0.15) is 34.0 Å². The first kappa shape index (κ1) is 18.8. The number of hydrogen-bond acceptors (Lipinski definition) is 5. The lowest BCUT2D eigenvalue weighted by Gasteiger charge is -2.14. The van der Waals surface area contributed by atoms with E-state index in [9.17, 15) is 18.0 Å². The molecule has 0 saturated carbocycles. The number of aryl methyl sites for hydroxylation is 1. The fourth-order valence-electron chi connectivity index (χ4n) is 2.65. The summed E-state index contributed by atoms with van der Waals surface area (Å²) in [4.78, 5) is 17.2.